The van der Waals surface area contributed by atoms with Crippen LogP contribution in [0.5, 0.6) is 0 Å². The second-order valence-electron chi connectivity index (χ2n) is 13.4. The molecule has 0 radical (unpaired) electrons. The summed E-state index contributed by atoms with van der Waals surface area (Å²) in [5, 5.41) is 3.75. The van der Waals surface area contributed by atoms with E-state index in [9.17, 15) is 1.37 Å². The van der Waals surface area contributed by atoms with Crippen molar-refractivity contribution in [2.45, 2.75) is 72.0 Å². The number of benzene rings is 3. The summed E-state index contributed by atoms with van der Waals surface area (Å²) < 4.78 is 18.4. The molecule has 3 aromatic carbocycles. The lowest BCUT2D eigenvalue weighted by Crippen LogP contribution is -2.37. The van der Waals surface area contributed by atoms with Crippen LogP contribution < -0.4 is 9.75 Å². The molecule has 2 nitrogen and oxygen atoms in total. The fourth-order valence-corrected chi connectivity index (χ4v) is 7.38. The van der Waals surface area contributed by atoms with Crippen molar-refractivity contribution in [1.29, 1.82) is 0 Å². The zero-order valence-electron chi connectivity index (χ0n) is 25.6. The van der Waals surface area contributed by atoms with Crippen LogP contribution in [0.4, 0.5) is 0 Å². The molecule has 1 aliphatic carbocycles. The number of pyridine rings is 1. The van der Waals surface area contributed by atoms with Gasteiger partial charge >= 0.3 is 0 Å². The summed E-state index contributed by atoms with van der Waals surface area (Å²) in [7, 11) is 0.740. The molecule has 1 aliphatic rings. The lowest BCUT2D eigenvalue weighted by Gasteiger charge is -2.34. The Morgan fingerprint density at radius 3 is 2.28 bits per heavy atom. The number of hydrogen-bond acceptors (Lipinski definition) is 1. The van der Waals surface area contributed by atoms with Crippen LogP contribution in [0.3, 0.4) is 0 Å². The normalized spacial score (nSPS) is 17.5. The van der Waals surface area contributed by atoms with Crippen molar-refractivity contribution in [1.82, 2.24) is 0 Å². The monoisotopic (exact) mass is 533 g/mol. The minimum atomic E-state index is -1.36. The second-order valence-corrected chi connectivity index (χ2v) is 18.5. The zero-order valence-corrected chi connectivity index (χ0v) is 25.6. The summed E-state index contributed by atoms with van der Waals surface area (Å²) in [6, 6.07) is 24.4. The number of aromatic nitrogens is 1. The highest BCUT2D eigenvalue weighted by Gasteiger charge is 2.29. The molecule has 0 unspecified atom stereocenters. The molecule has 0 atom stereocenters. The third-order valence-corrected chi connectivity index (χ3v) is 11.0. The molecule has 0 saturated heterocycles. The molecular weight excluding hydrogens is 490 g/mol. The first kappa shape index (κ1) is 24.8. The van der Waals surface area contributed by atoms with Gasteiger partial charge in [-0.3, -0.25) is 0 Å². The minimum Gasteiger partial charge on any atom is -0.454 e. The van der Waals surface area contributed by atoms with Crippen molar-refractivity contribution in [3.05, 3.63) is 84.1 Å². The molecule has 2 heterocycles. The minimum absolute atomic E-state index is 0.329. The van der Waals surface area contributed by atoms with Gasteiger partial charge in [0, 0.05) is 29.8 Å². The van der Waals surface area contributed by atoms with Gasteiger partial charge in [-0.25, -0.2) is 4.57 Å². The predicted molar refractivity (Wildman–Crippen MR) is 168 cm³/mol. The van der Waals surface area contributed by atoms with E-state index in [2.05, 4.69) is 125 Å². The third kappa shape index (κ3) is 4.76. The van der Waals surface area contributed by atoms with E-state index < -0.39 is 14.0 Å². The standard InChI is InChI=1S/C36H42NOSi/c1-24-11-16-31-30-10-8-9-29(26-12-14-28(15-13-26)39(5,6)7)34(30)38-35(31)33(24)32-23-27(19-22-37(32)4)25-17-20-36(2,3)21-18-25/h8-16,19,22-23,25H,17-18,20-21H2,1-7H3/q+1/i25D. The maximum atomic E-state index is 9.42. The van der Waals surface area contributed by atoms with Gasteiger partial charge in [-0.05, 0) is 60.6 Å². The molecule has 1 saturated carbocycles. The van der Waals surface area contributed by atoms with Crippen LogP contribution in [0.25, 0.3) is 44.3 Å². The lowest BCUT2D eigenvalue weighted by molar-refractivity contribution is -0.660. The highest BCUT2D eigenvalue weighted by Crippen LogP contribution is 2.44. The highest BCUT2D eigenvalue weighted by atomic mass is 28.3. The van der Waals surface area contributed by atoms with Crippen molar-refractivity contribution in [3.63, 3.8) is 0 Å². The molecule has 3 heteroatoms. The Morgan fingerprint density at radius 1 is 0.897 bits per heavy atom. The smallest absolute Gasteiger partial charge is 0.216 e. The highest BCUT2D eigenvalue weighted by molar-refractivity contribution is 6.88. The molecule has 2 aromatic heterocycles. The van der Waals surface area contributed by atoms with E-state index in [0.29, 0.717) is 5.41 Å². The van der Waals surface area contributed by atoms with Gasteiger partial charge < -0.3 is 4.42 Å². The topological polar surface area (TPSA) is 17.0 Å². The van der Waals surface area contributed by atoms with E-state index in [4.69, 9.17) is 4.42 Å². The van der Waals surface area contributed by atoms with Gasteiger partial charge in [-0.1, -0.05) is 93.3 Å². The van der Waals surface area contributed by atoms with Gasteiger partial charge in [0.05, 0.1) is 13.6 Å². The predicted octanol–water partition coefficient (Wildman–Crippen LogP) is 9.28. The third-order valence-electron chi connectivity index (χ3n) is 8.96. The van der Waals surface area contributed by atoms with Gasteiger partial charge in [0.2, 0.25) is 5.69 Å². The fraction of sp³-hybridized carbons (Fsp3) is 0.361. The SMILES string of the molecule is [2H]C1(c2cc[n+](C)c(-c3c(C)ccc4c3oc3c(-c5ccc([Si](C)(C)C)cc5)cccc34)c2)CCC(C)(C)CC1. The van der Waals surface area contributed by atoms with E-state index in [1.54, 1.807) is 0 Å². The van der Waals surface area contributed by atoms with E-state index in [1.807, 2.05) is 0 Å². The molecule has 0 amide bonds. The number of para-hydroxylation sites is 1. The van der Waals surface area contributed by atoms with Crippen LogP contribution in [0.15, 0.2) is 77.3 Å². The van der Waals surface area contributed by atoms with Gasteiger partial charge in [0.1, 0.15) is 18.2 Å². The molecule has 39 heavy (non-hydrogen) atoms. The first-order chi connectivity index (χ1) is 18.9. The first-order valence-corrected chi connectivity index (χ1v) is 17.9. The van der Waals surface area contributed by atoms with Crippen LogP contribution in [0.2, 0.25) is 19.6 Å². The van der Waals surface area contributed by atoms with Crippen molar-refractivity contribution >= 4 is 35.2 Å². The van der Waals surface area contributed by atoms with E-state index >= 15 is 0 Å². The summed E-state index contributed by atoms with van der Waals surface area (Å²) in [6.07, 6.45) is 6.12. The molecule has 0 N–H and O–H groups in total. The summed E-state index contributed by atoms with van der Waals surface area (Å²) in [6.45, 7) is 14.0. The number of hydrogen-bond donors (Lipinski definition) is 0. The molecule has 0 spiro atoms. The molecule has 6 rings (SSSR count). The summed E-state index contributed by atoms with van der Waals surface area (Å²) in [5.41, 5.74) is 9.05. The Hall–Kier alpha value is -3.17. The second kappa shape index (κ2) is 9.48. The lowest BCUT2D eigenvalue weighted by atomic mass is 9.71. The van der Waals surface area contributed by atoms with Crippen molar-refractivity contribution in [2.24, 2.45) is 12.5 Å². The van der Waals surface area contributed by atoms with Crippen molar-refractivity contribution < 1.29 is 10.4 Å². The molecular formula is C36H42NOSi+. The first-order valence-electron chi connectivity index (χ1n) is 14.9. The van der Waals surface area contributed by atoms with Gasteiger partial charge in [-0.15, -0.1) is 0 Å². The Morgan fingerprint density at radius 2 is 1.59 bits per heavy atom. The Balaban J connectivity index is 1.51. The molecule has 5 aromatic rings. The molecule has 1 fully saturated rings. The maximum Gasteiger partial charge on any atom is 0.216 e. The van der Waals surface area contributed by atoms with Gasteiger partial charge in [0.25, 0.3) is 0 Å². The Bertz CT molecular complexity index is 1730. The van der Waals surface area contributed by atoms with Crippen LogP contribution in [-0.4, -0.2) is 8.07 Å². The Labute approximate surface area is 236 Å². The number of aryl methyl sites for hydroxylation is 2. The Kier molecular flexibility index (Phi) is 6.04. The number of nitrogens with zero attached hydrogens (tertiary/aromatic N) is 1. The number of furan rings is 1. The van der Waals surface area contributed by atoms with Gasteiger partial charge in [-0.2, -0.15) is 0 Å². The van der Waals surface area contributed by atoms with Crippen LogP contribution in [-0.2, 0) is 7.05 Å². The van der Waals surface area contributed by atoms with Crippen molar-refractivity contribution in [3.8, 4) is 22.4 Å². The van der Waals surface area contributed by atoms with Crippen LogP contribution in [0.1, 0.15) is 57.9 Å². The van der Waals surface area contributed by atoms with Crippen LogP contribution in [0, 0.1) is 12.3 Å². The number of rotatable bonds is 4. The molecule has 0 bridgehead atoms. The molecule has 0 aliphatic heterocycles. The largest absolute Gasteiger partial charge is 0.454 e. The van der Waals surface area contributed by atoms with Gasteiger partial charge in [0.15, 0.2) is 6.20 Å². The van der Waals surface area contributed by atoms with E-state index in [0.717, 1.165) is 70.0 Å². The van der Waals surface area contributed by atoms with Crippen LogP contribution >= 0.6 is 0 Å². The average Bonchev–Trinajstić information content (AvgIpc) is 3.29. The number of fused-ring (bicyclic) bond motifs is 3. The quantitative estimate of drug-likeness (QED) is 0.166. The maximum absolute atomic E-state index is 9.42. The zero-order chi connectivity index (χ0) is 28.4. The van der Waals surface area contributed by atoms with Crippen molar-refractivity contribution in [2.75, 3.05) is 0 Å². The fourth-order valence-electron chi connectivity index (χ4n) is 6.21. The summed E-state index contributed by atoms with van der Waals surface area (Å²) >= 11 is 0. The average molecular weight is 534 g/mol. The van der Waals surface area contributed by atoms with E-state index in [-0.39, 0.29) is 0 Å². The summed E-state index contributed by atoms with van der Waals surface area (Å²) in [5.74, 6) is -0.538. The summed E-state index contributed by atoms with van der Waals surface area (Å²) in [4.78, 5) is 0. The van der Waals surface area contributed by atoms with E-state index in [1.165, 1.54) is 16.3 Å². The molecule has 200 valence electrons.